The van der Waals surface area contributed by atoms with E-state index in [9.17, 15) is 4.79 Å². The Labute approximate surface area is 183 Å². The van der Waals surface area contributed by atoms with Gasteiger partial charge in [-0.2, -0.15) is 0 Å². The number of nitrogens with zero attached hydrogens (tertiary/aromatic N) is 1. The van der Waals surface area contributed by atoms with Crippen molar-refractivity contribution in [3.63, 3.8) is 0 Å². The maximum atomic E-state index is 10.7. The van der Waals surface area contributed by atoms with Crippen molar-refractivity contribution >= 4 is 5.97 Å². The lowest BCUT2D eigenvalue weighted by Crippen LogP contribution is -2.35. The Morgan fingerprint density at radius 1 is 1.06 bits per heavy atom. The van der Waals surface area contributed by atoms with Crippen LogP contribution in [0.2, 0.25) is 0 Å². The van der Waals surface area contributed by atoms with E-state index in [1.807, 2.05) is 24.3 Å². The zero-order chi connectivity index (χ0) is 21.5. The Balaban J connectivity index is 1.26. The van der Waals surface area contributed by atoms with Crippen molar-refractivity contribution in [3.8, 4) is 17.1 Å². The van der Waals surface area contributed by atoms with Crippen molar-refractivity contribution in [2.24, 2.45) is 0 Å². The van der Waals surface area contributed by atoms with Gasteiger partial charge in [0.1, 0.15) is 18.1 Å². The molecule has 2 aromatic carbocycles. The number of likely N-dealkylation sites (tertiary alicyclic amines) is 1. The molecule has 31 heavy (non-hydrogen) atoms. The first kappa shape index (κ1) is 21.2. The van der Waals surface area contributed by atoms with Gasteiger partial charge in [0.05, 0.1) is 6.26 Å². The van der Waals surface area contributed by atoms with E-state index in [1.54, 1.807) is 6.26 Å². The summed E-state index contributed by atoms with van der Waals surface area (Å²) >= 11 is 0. The number of rotatable bonds is 10. The molecule has 0 spiro atoms. The molecule has 2 heterocycles. The van der Waals surface area contributed by atoms with Crippen LogP contribution in [0.4, 0.5) is 0 Å². The Morgan fingerprint density at radius 2 is 1.81 bits per heavy atom. The van der Waals surface area contributed by atoms with Gasteiger partial charge in [-0.05, 0) is 74.2 Å². The number of carboxylic acid groups (broad SMARTS) is 1. The summed E-state index contributed by atoms with van der Waals surface area (Å²) in [6.45, 7) is 2.52. The maximum Gasteiger partial charge on any atom is 0.303 e. The van der Waals surface area contributed by atoms with Crippen LogP contribution in [-0.4, -0.2) is 41.7 Å². The van der Waals surface area contributed by atoms with Crippen molar-refractivity contribution in [1.82, 2.24) is 4.90 Å². The summed E-state index contributed by atoms with van der Waals surface area (Å²) in [5, 5.41) is 8.83. The average Bonchev–Trinajstić information content (AvgIpc) is 3.46. The molecule has 0 aliphatic carbocycles. The van der Waals surface area contributed by atoms with E-state index in [-0.39, 0.29) is 6.42 Å². The molecule has 0 amide bonds. The number of hydrogen-bond donors (Lipinski definition) is 1. The second-order valence-electron chi connectivity index (χ2n) is 8.14. The zero-order valence-corrected chi connectivity index (χ0v) is 17.7. The minimum Gasteiger partial charge on any atom is -0.492 e. The second-order valence-corrected chi connectivity index (χ2v) is 8.14. The quantitative estimate of drug-likeness (QED) is 0.487. The monoisotopic (exact) mass is 419 g/mol. The number of furan rings is 1. The highest BCUT2D eigenvalue weighted by atomic mass is 16.5. The molecule has 1 atom stereocenters. The van der Waals surface area contributed by atoms with Crippen LogP contribution >= 0.6 is 0 Å². The fourth-order valence-electron chi connectivity index (χ4n) is 4.17. The Kier molecular flexibility index (Phi) is 7.05. The van der Waals surface area contributed by atoms with Gasteiger partial charge >= 0.3 is 5.97 Å². The van der Waals surface area contributed by atoms with Crippen LogP contribution < -0.4 is 4.74 Å². The minimum atomic E-state index is -0.722. The fraction of sp³-hybridized carbons (Fsp3) is 0.346. The molecule has 0 bridgehead atoms. The van der Waals surface area contributed by atoms with Crippen LogP contribution in [0.5, 0.6) is 5.75 Å². The topological polar surface area (TPSA) is 62.9 Å². The summed E-state index contributed by atoms with van der Waals surface area (Å²) in [5.41, 5.74) is 3.59. The molecule has 0 unspecified atom stereocenters. The van der Waals surface area contributed by atoms with E-state index in [2.05, 4.69) is 41.3 Å². The van der Waals surface area contributed by atoms with Crippen LogP contribution in [0.25, 0.3) is 11.3 Å². The van der Waals surface area contributed by atoms with E-state index in [1.165, 1.54) is 11.1 Å². The summed E-state index contributed by atoms with van der Waals surface area (Å²) < 4.78 is 11.5. The van der Waals surface area contributed by atoms with Crippen LogP contribution in [0.1, 0.15) is 36.8 Å². The maximum absolute atomic E-state index is 10.7. The second kappa shape index (κ2) is 10.3. The zero-order valence-electron chi connectivity index (χ0n) is 17.7. The SMILES string of the molecule is O=C(O)CCCN1CCC[C@H]1COc1ccc(Cc2ccc(-c3ccco3)cc2)cc1. The predicted octanol–water partition coefficient (Wildman–Crippen LogP) is 5.25. The number of hydrogen-bond acceptors (Lipinski definition) is 4. The number of carbonyl (C=O) groups is 1. The van der Waals surface area contributed by atoms with Crippen molar-refractivity contribution < 1.29 is 19.1 Å². The lowest BCUT2D eigenvalue weighted by atomic mass is 10.0. The van der Waals surface area contributed by atoms with Gasteiger partial charge in [0, 0.05) is 18.0 Å². The molecule has 1 N–H and O–H groups in total. The Bertz CT molecular complexity index is 948. The normalized spacial score (nSPS) is 16.5. The molecule has 1 aliphatic heterocycles. The minimum absolute atomic E-state index is 0.233. The first-order valence-electron chi connectivity index (χ1n) is 11.0. The highest BCUT2D eigenvalue weighted by Gasteiger charge is 2.24. The average molecular weight is 420 g/mol. The van der Waals surface area contributed by atoms with Gasteiger partial charge in [-0.25, -0.2) is 0 Å². The summed E-state index contributed by atoms with van der Waals surface area (Å²) in [6.07, 6.45) is 5.76. The van der Waals surface area contributed by atoms with Gasteiger partial charge in [0.25, 0.3) is 0 Å². The van der Waals surface area contributed by atoms with Crippen LogP contribution in [0.15, 0.2) is 71.3 Å². The molecule has 3 aromatic rings. The van der Waals surface area contributed by atoms with Gasteiger partial charge in [-0.15, -0.1) is 0 Å². The standard InChI is InChI=1S/C26H29NO4/c28-26(29)6-2-16-27-15-1-4-23(27)19-31-24-13-9-21(10-14-24)18-20-7-11-22(12-8-20)25-5-3-17-30-25/h3,5,7-14,17,23H,1-2,4,6,15-16,18-19H2,(H,28,29)/t23-/m0/s1. The predicted molar refractivity (Wildman–Crippen MR) is 120 cm³/mol. The molecule has 4 rings (SSSR count). The van der Waals surface area contributed by atoms with Crippen molar-refractivity contribution in [1.29, 1.82) is 0 Å². The van der Waals surface area contributed by atoms with Crippen LogP contribution in [-0.2, 0) is 11.2 Å². The van der Waals surface area contributed by atoms with Gasteiger partial charge in [-0.1, -0.05) is 36.4 Å². The Hall–Kier alpha value is -3.05. The summed E-state index contributed by atoms with van der Waals surface area (Å²) in [7, 11) is 0. The first-order chi connectivity index (χ1) is 15.2. The van der Waals surface area contributed by atoms with Gasteiger partial charge < -0.3 is 14.3 Å². The third-order valence-corrected chi connectivity index (χ3v) is 5.87. The molecular weight excluding hydrogens is 390 g/mol. The fourth-order valence-corrected chi connectivity index (χ4v) is 4.17. The molecule has 1 fully saturated rings. The lowest BCUT2D eigenvalue weighted by Gasteiger charge is -2.24. The van der Waals surface area contributed by atoms with Gasteiger partial charge in [0.15, 0.2) is 0 Å². The molecule has 1 aromatic heterocycles. The van der Waals surface area contributed by atoms with E-state index in [0.29, 0.717) is 19.1 Å². The van der Waals surface area contributed by atoms with Crippen molar-refractivity contribution in [3.05, 3.63) is 78.1 Å². The third kappa shape index (κ3) is 5.98. The molecule has 162 valence electrons. The van der Waals surface area contributed by atoms with Crippen LogP contribution in [0.3, 0.4) is 0 Å². The van der Waals surface area contributed by atoms with Gasteiger partial charge in [-0.3, -0.25) is 9.69 Å². The number of carboxylic acids is 1. The molecule has 0 saturated carbocycles. The van der Waals surface area contributed by atoms with Crippen molar-refractivity contribution in [2.45, 2.75) is 38.1 Å². The Morgan fingerprint density at radius 3 is 2.48 bits per heavy atom. The molecule has 5 heteroatoms. The van der Waals surface area contributed by atoms with E-state index in [4.69, 9.17) is 14.3 Å². The lowest BCUT2D eigenvalue weighted by molar-refractivity contribution is -0.137. The number of benzene rings is 2. The van der Waals surface area contributed by atoms with E-state index < -0.39 is 5.97 Å². The summed E-state index contributed by atoms with van der Waals surface area (Å²) in [5.74, 6) is 1.05. The molecule has 1 aliphatic rings. The van der Waals surface area contributed by atoms with Gasteiger partial charge in [0.2, 0.25) is 0 Å². The van der Waals surface area contributed by atoms with E-state index in [0.717, 1.165) is 49.4 Å². The van der Waals surface area contributed by atoms with Crippen LogP contribution in [0, 0.1) is 0 Å². The first-order valence-corrected chi connectivity index (χ1v) is 11.0. The summed E-state index contributed by atoms with van der Waals surface area (Å²) in [4.78, 5) is 13.1. The summed E-state index contributed by atoms with van der Waals surface area (Å²) in [6, 6.07) is 21.0. The number of ether oxygens (including phenoxy) is 1. The van der Waals surface area contributed by atoms with E-state index >= 15 is 0 Å². The molecule has 0 radical (unpaired) electrons. The number of aliphatic carboxylic acids is 1. The molecule has 1 saturated heterocycles. The molecular formula is C26H29NO4. The smallest absolute Gasteiger partial charge is 0.303 e. The highest BCUT2D eigenvalue weighted by Crippen LogP contribution is 2.23. The largest absolute Gasteiger partial charge is 0.492 e. The van der Waals surface area contributed by atoms with Crippen molar-refractivity contribution in [2.75, 3.05) is 19.7 Å². The third-order valence-electron chi connectivity index (χ3n) is 5.87. The highest BCUT2D eigenvalue weighted by molar-refractivity contribution is 5.66. The molecule has 5 nitrogen and oxygen atoms in total.